The van der Waals surface area contributed by atoms with E-state index in [0.717, 1.165) is 31.5 Å². The van der Waals surface area contributed by atoms with Crippen LogP contribution in [-0.4, -0.2) is 37.0 Å². The Kier molecular flexibility index (Phi) is 4.25. The molecule has 0 aromatic heterocycles. The Hall–Kier alpha value is -1.06. The number of carbonyl (C=O) groups is 1. The molecule has 2 rings (SSSR count). The second-order valence-corrected chi connectivity index (χ2v) is 5.25. The molecule has 0 unspecified atom stereocenters. The zero-order valence-electron chi connectivity index (χ0n) is 10.9. The van der Waals surface area contributed by atoms with E-state index in [1.165, 1.54) is 0 Å². The summed E-state index contributed by atoms with van der Waals surface area (Å²) < 4.78 is 0. The number of benzene rings is 1. The molecule has 1 aliphatic heterocycles. The number of nitrogens with one attached hydrogen (secondary N) is 1. The molecular weight excluding hydrogens is 248 g/mol. The predicted molar refractivity (Wildman–Crippen MR) is 74.2 cm³/mol. The van der Waals surface area contributed by atoms with Crippen LogP contribution in [0.25, 0.3) is 0 Å². The van der Waals surface area contributed by atoms with E-state index in [1.54, 1.807) is 6.07 Å². The molecule has 98 valence electrons. The summed E-state index contributed by atoms with van der Waals surface area (Å²) in [6.45, 7) is 3.55. The third kappa shape index (κ3) is 2.85. The zero-order valence-corrected chi connectivity index (χ0v) is 11.6. The lowest BCUT2D eigenvalue weighted by Crippen LogP contribution is -2.46. The SMILES string of the molecule is CN[C@H]1CCCN(C(=O)c2ccc(C)c(Cl)c2)C1. The minimum Gasteiger partial charge on any atom is -0.337 e. The molecule has 0 saturated carbocycles. The topological polar surface area (TPSA) is 32.3 Å². The average molecular weight is 267 g/mol. The van der Waals surface area contributed by atoms with E-state index in [9.17, 15) is 4.79 Å². The van der Waals surface area contributed by atoms with Crippen LogP contribution in [0, 0.1) is 6.92 Å². The smallest absolute Gasteiger partial charge is 0.253 e. The van der Waals surface area contributed by atoms with Gasteiger partial charge >= 0.3 is 0 Å². The third-order valence-electron chi connectivity index (χ3n) is 3.54. The van der Waals surface area contributed by atoms with Crippen LogP contribution in [0.4, 0.5) is 0 Å². The molecule has 1 amide bonds. The molecule has 18 heavy (non-hydrogen) atoms. The molecule has 1 saturated heterocycles. The molecule has 0 spiro atoms. The van der Waals surface area contributed by atoms with Crippen LogP contribution in [0.2, 0.25) is 5.02 Å². The molecule has 1 heterocycles. The van der Waals surface area contributed by atoms with Gasteiger partial charge in [0.2, 0.25) is 0 Å². The second kappa shape index (κ2) is 5.72. The first-order valence-corrected chi connectivity index (χ1v) is 6.72. The standard InChI is InChI=1S/C14H19ClN2O/c1-10-5-6-11(8-13(10)15)14(18)17-7-3-4-12(9-17)16-2/h5-6,8,12,16H,3-4,7,9H2,1-2H3/t12-/m0/s1. The number of likely N-dealkylation sites (N-methyl/N-ethyl adjacent to an activating group) is 1. The Balaban J connectivity index is 2.12. The summed E-state index contributed by atoms with van der Waals surface area (Å²) in [7, 11) is 1.95. The Morgan fingerprint density at radius 3 is 2.94 bits per heavy atom. The van der Waals surface area contributed by atoms with Crippen molar-refractivity contribution in [3.05, 3.63) is 34.3 Å². The van der Waals surface area contributed by atoms with Crippen molar-refractivity contribution in [2.24, 2.45) is 0 Å². The number of likely N-dealkylation sites (tertiary alicyclic amines) is 1. The van der Waals surface area contributed by atoms with Crippen molar-refractivity contribution in [2.75, 3.05) is 20.1 Å². The maximum Gasteiger partial charge on any atom is 0.253 e. The largest absolute Gasteiger partial charge is 0.337 e. The summed E-state index contributed by atoms with van der Waals surface area (Å²) in [5, 5.41) is 3.90. The summed E-state index contributed by atoms with van der Waals surface area (Å²) in [6.07, 6.45) is 2.19. The third-order valence-corrected chi connectivity index (χ3v) is 3.94. The summed E-state index contributed by atoms with van der Waals surface area (Å²) in [4.78, 5) is 14.3. The van der Waals surface area contributed by atoms with Crippen molar-refractivity contribution in [1.82, 2.24) is 10.2 Å². The number of hydrogen-bond acceptors (Lipinski definition) is 2. The molecule has 0 aliphatic carbocycles. The van der Waals surface area contributed by atoms with Gasteiger partial charge in [-0.05, 0) is 44.5 Å². The number of rotatable bonds is 2. The Morgan fingerprint density at radius 2 is 2.28 bits per heavy atom. The fraction of sp³-hybridized carbons (Fsp3) is 0.500. The van der Waals surface area contributed by atoms with Gasteiger partial charge in [0.15, 0.2) is 0 Å². The molecule has 1 atom stereocenters. The van der Waals surface area contributed by atoms with E-state index in [4.69, 9.17) is 11.6 Å². The molecule has 4 heteroatoms. The first kappa shape index (κ1) is 13.4. The monoisotopic (exact) mass is 266 g/mol. The number of hydrogen-bond donors (Lipinski definition) is 1. The van der Waals surface area contributed by atoms with Crippen LogP contribution in [0.15, 0.2) is 18.2 Å². The van der Waals surface area contributed by atoms with Crippen LogP contribution in [0.1, 0.15) is 28.8 Å². The number of aryl methyl sites for hydroxylation is 1. The molecular formula is C14H19ClN2O. The average Bonchev–Trinajstić information content (AvgIpc) is 2.41. The molecule has 1 aliphatic rings. The Bertz CT molecular complexity index is 447. The first-order valence-electron chi connectivity index (χ1n) is 6.34. The summed E-state index contributed by atoms with van der Waals surface area (Å²) >= 11 is 6.07. The van der Waals surface area contributed by atoms with E-state index in [0.29, 0.717) is 16.6 Å². The van der Waals surface area contributed by atoms with Crippen molar-refractivity contribution < 1.29 is 4.79 Å². The van der Waals surface area contributed by atoms with Crippen LogP contribution in [-0.2, 0) is 0 Å². The van der Waals surface area contributed by atoms with Crippen molar-refractivity contribution >= 4 is 17.5 Å². The summed E-state index contributed by atoms with van der Waals surface area (Å²) in [6, 6.07) is 5.92. The van der Waals surface area contributed by atoms with Gasteiger partial charge in [0.25, 0.3) is 5.91 Å². The fourth-order valence-corrected chi connectivity index (χ4v) is 2.49. The zero-order chi connectivity index (χ0) is 13.1. The maximum absolute atomic E-state index is 12.4. The summed E-state index contributed by atoms with van der Waals surface area (Å²) in [5.41, 5.74) is 1.68. The van der Waals surface area contributed by atoms with Gasteiger partial charge < -0.3 is 10.2 Å². The van der Waals surface area contributed by atoms with Crippen LogP contribution < -0.4 is 5.32 Å². The predicted octanol–water partition coefficient (Wildman–Crippen LogP) is 2.47. The normalized spacial score (nSPS) is 19.9. The lowest BCUT2D eigenvalue weighted by atomic mass is 10.0. The van der Waals surface area contributed by atoms with Gasteiger partial charge in [0.1, 0.15) is 0 Å². The van der Waals surface area contributed by atoms with E-state index < -0.39 is 0 Å². The van der Waals surface area contributed by atoms with Gasteiger partial charge in [-0.1, -0.05) is 17.7 Å². The lowest BCUT2D eigenvalue weighted by Gasteiger charge is -2.32. The molecule has 0 radical (unpaired) electrons. The van der Waals surface area contributed by atoms with Gasteiger partial charge in [0, 0.05) is 29.7 Å². The molecule has 1 aromatic carbocycles. The molecule has 1 aromatic rings. The molecule has 1 N–H and O–H groups in total. The number of amides is 1. The van der Waals surface area contributed by atoms with Gasteiger partial charge in [-0.2, -0.15) is 0 Å². The molecule has 0 bridgehead atoms. The number of piperidine rings is 1. The van der Waals surface area contributed by atoms with Crippen molar-refractivity contribution in [3.8, 4) is 0 Å². The highest BCUT2D eigenvalue weighted by atomic mass is 35.5. The van der Waals surface area contributed by atoms with Gasteiger partial charge in [0.05, 0.1) is 0 Å². The van der Waals surface area contributed by atoms with Gasteiger partial charge in [-0.3, -0.25) is 4.79 Å². The Labute approximate surface area is 113 Å². The van der Waals surface area contributed by atoms with E-state index in [1.807, 2.05) is 31.0 Å². The Morgan fingerprint density at radius 1 is 1.50 bits per heavy atom. The van der Waals surface area contributed by atoms with Gasteiger partial charge in [-0.15, -0.1) is 0 Å². The fourth-order valence-electron chi connectivity index (χ4n) is 2.31. The van der Waals surface area contributed by atoms with Crippen LogP contribution in [0.3, 0.4) is 0 Å². The molecule has 1 fully saturated rings. The van der Waals surface area contributed by atoms with Crippen LogP contribution in [0.5, 0.6) is 0 Å². The van der Waals surface area contributed by atoms with E-state index in [-0.39, 0.29) is 5.91 Å². The highest BCUT2D eigenvalue weighted by Crippen LogP contribution is 2.19. The highest BCUT2D eigenvalue weighted by Gasteiger charge is 2.23. The van der Waals surface area contributed by atoms with E-state index >= 15 is 0 Å². The van der Waals surface area contributed by atoms with E-state index in [2.05, 4.69) is 5.32 Å². The lowest BCUT2D eigenvalue weighted by molar-refractivity contribution is 0.0698. The number of nitrogens with zero attached hydrogens (tertiary/aromatic N) is 1. The minimum atomic E-state index is 0.0804. The maximum atomic E-state index is 12.4. The highest BCUT2D eigenvalue weighted by molar-refractivity contribution is 6.31. The van der Waals surface area contributed by atoms with Crippen molar-refractivity contribution in [3.63, 3.8) is 0 Å². The van der Waals surface area contributed by atoms with Crippen molar-refractivity contribution in [2.45, 2.75) is 25.8 Å². The number of halogens is 1. The van der Waals surface area contributed by atoms with Gasteiger partial charge in [-0.25, -0.2) is 0 Å². The minimum absolute atomic E-state index is 0.0804. The summed E-state index contributed by atoms with van der Waals surface area (Å²) in [5.74, 6) is 0.0804. The quantitative estimate of drug-likeness (QED) is 0.892. The first-order chi connectivity index (χ1) is 8.61. The number of carbonyl (C=O) groups excluding carboxylic acids is 1. The van der Waals surface area contributed by atoms with Crippen molar-refractivity contribution in [1.29, 1.82) is 0 Å². The molecule has 3 nitrogen and oxygen atoms in total. The second-order valence-electron chi connectivity index (χ2n) is 4.84. The van der Waals surface area contributed by atoms with Crippen LogP contribution >= 0.6 is 11.6 Å².